The number of carbonyl (C=O) groups is 1. The molecule has 0 aliphatic carbocycles. The molecule has 0 unspecified atom stereocenters. The van der Waals surface area contributed by atoms with E-state index < -0.39 is 21.8 Å². The second kappa shape index (κ2) is 6.85. The van der Waals surface area contributed by atoms with E-state index in [4.69, 9.17) is 0 Å². The maximum atomic E-state index is 13.4. The van der Waals surface area contributed by atoms with Gasteiger partial charge >= 0.3 is 5.97 Å². The van der Waals surface area contributed by atoms with Gasteiger partial charge in [-0.2, -0.15) is 0 Å². The molecule has 0 aliphatic rings. The SMILES string of the molecule is COC(=O)CCCS(=O)(=O)Nc1cc(Br)ccc1F. The molecule has 0 radical (unpaired) electrons. The van der Waals surface area contributed by atoms with Crippen molar-refractivity contribution in [1.82, 2.24) is 0 Å². The predicted octanol–water partition coefficient (Wildman–Crippen LogP) is 2.28. The third-order valence-corrected chi connectivity index (χ3v) is 4.07. The number of ether oxygens (including phenoxy) is 1. The Morgan fingerprint density at radius 2 is 2.16 bits per heavy atom. The summed E-state index contributed by atoms with van der Waals surface area (Å²) in [5.41, 5.74) is -0.132. The maximum Gasteiger partial charge on any atom is 0.305 e. The summed E-state index contributed by atoms with van der Waals surface area (Å²) < 4.78 is 43.8. The van der Waals surface area contributed by atoms with Gasteiger partial charge in [0.05, 0.1) is 18.6 Å². The Kier molecular flexibility index (Phi) is 5.74. The normalized spacial score (nSPS) is 11.1. The van der Waals surface area contributed by atoms with Gasteiger partial charge in [0.15, 0.2) is 0 Å². The minimum Gasteiger partial charge on any atom is -0.469 e. The van der Waals surface area contributed by atoms with Crippen LogP contribution in [0.3, 0.4) is 0 Å². The number of benzene rings is 1. The van der Waals surface area contributed by atoms with Crippen molar-refractivity contribution in [2.75, 3.05) is 17.6 Å². The average Bonchev–Trinajstić information content (AvgIpc) is 2.33. The van der Waals surface area contributed by atoms with Gasteiger partial charge in [-0.3, -0.25) is 9.52 Å². The fourth-order valence-corrected chi connectivity index (χ4v) is 2.78. The van der Waals surface area contributed by atoms with E-state index in [2.05, 4.69) is 25.4 Å². The summed E-state index contributed by atoms with van der Waals surface area (Å²) in [6.45, 7) is 0. The van der Waals surface area contributed by atoms with Gasteiger partial charge in [0.1, 0.15) is 5.82 Å². The number of sulfonamides is 1. The molecule has 8 heteroatoms. The average molecular weight is 354 g/mol. The van der Waals surface area contributed by atoms with Gasteiger partial charge in [0.25, 0.3) is 0 Å². The van der Waals surface area contributed by atoms with Crippen molar-refractivity contribution in [3.8, 4) is 0 Å². The molecule has 1 aromatic rings. The van der Waals surface area contributed by atoms with E-state index in [9.17, 15) is 17.6 Å². The molecule has 0 amide bonds. The molecule has 19 heavy (non-hydrogen) atoms. The Morgan fingerprint density at radius 1 is 1.47 bits per heavy atom. The zero-order chi connectivity index (χ0) is 14.5. The molecule has 106 valence electrons. The number of hydrogen-bond donors (Lipinski definition) is 1. The molecular weight excluding hydrogens is 341 g/mol. The van der Waals surface area contributed by atoms with Gasteiger partial charge in [-0.05, 0) is 24.6 Å². The fraction of sp³-hybridized carbons (Fsp3) is 0.364. The summed E-state index contributed by atoms with van der Waals surface area (Å²) in [6, 6.07) is 3.94. The van der Waals surface area contributed by atoms with E-state index in [1.54, 1.807) is 0 Å². The molecule has 5 nitrogen and oxygen atoms in total. The van der Waals surface area contributed by atoms with Crippen LogP contribution in [-0.4, -0.2) is 27.2 Å². The molecule has 0 aliphatic heterocycles. The summed E-state index contributed by atoms with van der Waals surface area (Å²) in [5.74, 6) is -1.43. The highest BCUT2D eigenvalue weighted by Crippen LogP contribution is 2.21. The zero-order valence-corrected chi connectivity index (χ0v) is 12.6. The Hall–Kier alpha value is -1.15. The van der Waals surface area contributed by atoms with Gasteiger partial charge in [-0.25, -0.2) is 12.8 Å². The van der Waals surface area contributed by atoms with Crippen LogP contribution < -0.4 is 4.72 Å². The maximum absolute atomic E-state index is 13.4. The van der Waals surface area contributed by atoms with Gasteiger partial charge in [-0.15, -0.1) is 0 Å². The first kappa shape index (κ1) is 15.9. The van der Waals surface area contributed by atoms with Crippen LogP contribution >= 0.6 is 15.9 Å². The second-order valence-electron chi connectivity index (χ2n) is 3.72. The quantitative estimate of drug-likeness (QED) is 0.796. The standard InChI is InChI=1S/C11H13BrFNO4S/c1-18-11(15)3-2-6-19(16,17)14-10-7-8(12)4-5-9(10)13/h4-5,7,14H,2-3,6H2,1H3. The van der Waals surface area contributed by atoms with E-state index in [0.717, 1.165) is 6.07 Å². The minimum atomic E-state index is -3.70. The summed E-state index contributed by atoms with van der Waals surface area (Å²) in [7, 11) is -2.47. The van der Waals surface area contributed by atoms with Crippen molar-refractivity contribution in [1.29, 1.82) is 0 Å². The Balaban J connectivity index is 2.64. The molecule has 1 rings (SSSR count). The van der Waals surface area contributed by atoms with Gasteiger partial charge in [-0.1, -0.05) is 15.9 Å². The first-order valence-electron chi connectivity index (χ1n) is 5.36. The van der Waals surface area contributed by atoms with Crippen LogP contribution in [0.25, 0.3) is 0 Å². The molecule has 0 saturated carbocycles. The molecule has 0 heterocycles. The van der Waals surface area contributed by atoms with E-state index in [-0.39, 0.29) is 24.3 Å². The highest BCUT2D eigenvalue weighted by atomic mass is 79.9. The molecule has 0 atom stereocenters. The molecule has 0 fully saturated rings. The van der Waals surface area contributed by atoms with Crippen LogP contribution in [0.15, 0.2) is 22.7 Å². The van der Waals surface area contributed by atoms with Gasteiger partial charge in [0, 0.05) is 10.9 Å². The monoisotopic (exact) mass is 353 g/mol. The summed E-state index contributed by atoms with van der Waals surface area (Å²) in [4.78, 5) is 10.9. The highest BCUT2D eigenvalue weighted by molar-refractivity contribution is 9.10. The molecule has 0 saturated heterocycles. The number of halogens is 2. The largest absolute Gasteiger partial charge is 0.469 e. The Morgan fingerprint density at radius 3 is 2.79 bits per heavy atom. The number of rotatable bonds is 6. The lowest BCUT2D eigenvalue weighted by Gasteiger charge is -2.09. The molecule has 0 bridgehead atoms. The van der Waals surface area contributed by atoms with E-state index in [0.29, 0.717) is 4.47 Å². The third-order valence-electron chi connectivity index (χ3n) is 2.22. The zero-order valence-electron chi connectivity index (χ0n) is 10.2. The molecule has 0 spiro atoms. The van der Waals surface area contributed by atoms with Crippen molar-refractivity contribution >= 4 is 37.6 Å². The van der Waals surface area contributed by atoms with E-state index >= 15 is 0 Å². The Bertz CT molecular complexity index is 562. The number of nitrogens with one attached hydrogen (secondary N) is 1. The minimum absolute atomic E-state index is 0.00161. The van der Waals surface area contributed by atoms with Crippen molar-refractivity contribution < 1.29 is 22.3 Å². The lowest BCUT2D eigenvalue weighted by Crippen LogP contribution is -2.18. The summed E-state index contributed by atoms with van der Waals surface area (Å²) in [5, 5.41) is 0. The smallest absolute Gasteiger partial charge is 0.305 e. The van der Waals surface area contributed by atoms with Crippen LogP contribution in [0.1, 0.15) is 12.8 Å². The lowest BCUT2D eigenvalue weighted by atomic mass is 10.3. The number of anilines is 1. The molecular formula is C11H13BrFNO4S. The van der Waals surface area contributed by atoms with Crippen molar-refractivity contribution in [2.45, 2.75) is 12.8 Å². The van der Waals surface area contributed by atoms with E-state index in [1.165, 1.54) is 19.2 Å². The van der Waals surface area contributed by atoms with Gasteiger partial charge < -0.3 is 4.74 Å². The molecule has 1 N–H and O–H groups in total. The van der Waals surface area contributed by atoms with Crippen LogP contribution in [0.5, 0.6) is 0 Å². The van der Waals surface area contributed by atoms with Crippen molar-refractivity contribution in [2.24, 2.45) is 0 Å². The van der Waals surface area contributed by atoms with Crippen LogP contribution in [-0.2, 0) is 19.6 Å². The van der Waals surface area contributed by atoms with Crippen molar-refractivity contribution in [3.05, 3.63) is 28.5 Å². The molecule has 1 aromatic carbocycles. The number of carbonyl (C=O) groups excluding carboxylic acids is 1. The predicted molar refractivity (Wildman–Crippen MR) is 72.8 cm³/mol. The fourth-order valence-electron chi connectivity index (χ4n) is 1.30. The van der Waals surface area contributed by atoms with Crippen LogP contribution in [0.4, 0.5) is 10.1 Å². The van der Waals surface area contributed by atoms with Crippen LogP contribution in [0, 0.1) is 5.82 Å². The topological polar surface area (TPSA) is 72.5 Å². The summed E-state index contributed by atoms with van der Waals surface area (Å²) in [6.07, 6.45) is 0.107. The van der Waals surface area contributed by atoms with E-state index in [1.807, 2.05) is 0 Å². The first-order chi connectivity index (χ1) is 8.84. The number of esters is 1. The lowest BCUT2D eigenvalue weighted by molar-refractivity contribution is -0.140. The number of methoxy groups -OCH3 is 1. The first-order valence-corrected chi connectivity index (χ1v) is 7.81. The summed E-state index contributed by atoms with van der Waals surface area (Å²) >= 11 is 3.12. The Labute approximate surface area is 119 Å². The second-order valence-corrected chi connectivity index (χ2v) is 6.48. The third kappa shape index (κ3) is 5.56. The highest BCUT2D eigenvalue weighted by Gasteiger charge is 2.14. The van der Waals surface area contributed by atoms with Crippen LogP contribution in [0.2, 0.25) is 0 Å². The van der Waals surface area contributed by atoms with Gasteiger partial charge in [0.2, 0.25) is 10.0 Å². The molecule has 0 aromatic heterocycles. The number of hydrogen-bond acceptors (Lipinski definition) is 4. The van der Waals surface area contributed by atoms with Crippen molar-refractivity contribution in [3.63, 3.8) is 0 Å².